The van der Waals surface area contributed by atoms with Gasteiger partial charge in [0.25, 0.3) is 0 Å². The molecular weight excluding hydrogens is 238 g/mol. The molecule has 0 radical (unpaired) electrons. The van der Waals surface area contributed by atoms with E-state index in [4.69, 9.17) is 14.6 Å². The summed E-state index contributed by atoms with van der Waals surface area (Å²) >= 11 is 0. The molecule has 0 aliphatic carbocycles. The molecule has 1 N–H and O–H groups in total. The highest BCUT2D eigenvalue weighted by molar-refractivity contribution is 5.81. The van der Waals surface area contributed by atoms with Gasteiger partial charge in [0.15, 0.2) is 0 Å². The molecular formula is C12H17NO5. The molecule has 0 bridgehead atoms. The number of amides is 1. The Morgan fingerprint density at radius 2 is 2.28 bits per heavy atom. The number of likely N-dealkylation sites (tertiary alicyclic amines) is 1. The molecule has 6 heteroatoms. The van der Waals surface area contributed by atoms with Crippen molar-refractivity contribution in [1.29, 1.82) is 0 Å². The fraction of sp³-hybridized carbons (Fsp3) is 0.667. The smallest absolute Gasteiger partial charge is 0.411 e. The van der Waals surface area contributed by atoms with Crippen LogP contribution in [0.5, 0.6) is 0 Å². The zero-order valence-electron chi connectivity index (χ0n) is 10.2. The Kier molecular flexibility index (Phi) is 3.56. The number of carbonyl (C=O) groups is 2. The highest BCUT2D eigenvalue weighted by atomic mass is 16.6. The lowest BCUT2D eigenvalue weighted by Gasteiger charge is -2.25. The van der Waals surface area contributed by atoms with Crippen LogP contribution in [0.25, 0.3) is 0 Å². The van der Waals surface area contributed by atoms with Crippen molar-refractivity contribution in [2.45, 2.75) is 44.1 Å². The number of hydrogen-bond acceptors (Lipinski definition) is 4. The summed E-state index contributed by atoms with van der Waals surface area (Å²) in [7, 11) is 0. The normalized spacial score (nSPS) is 34.2. The third-order valence-corrected chi connectivity index (χ3v) is 3.38. The summed E-state index contributed by atoms with van der Waals surface area (Å²) in [6, 6.07) is -1.05. The molecule has 0 saturated carbocycles. The Morgan fingerprint density at radius 1 is 1.56 bits per heavy atom. The van der Waals surface area contributed by atoms with E-state index in [0.29, 0.717) is 12.8 Å². The number of nitrogens with zero attached hydrogens (tertiary/aromatic N) is 1. The number of carboxylic acid groups (broad SMARTS) is 1. The van der Waals surface area contributed by atoms with Gasteiger partial charge in [-0.2, -0.15) is 0 Å². The van der Waals surface area contributed by atoms with Crippen molar-refractivity contribution in [2.75, 3.05) is 6.61 Å². The second kappa shape index (κ2) is 4.97. The van der Waals surface area contributed by atoms with E-state index < -0.39 is 18.1 Å². The summed E-state index contributed by atoms with van der Waals surface area (Å²) in [5.41, 5.74) is 0. The number of carbonyl (C=O) groups excluding carboxylic acids is 1. The van der Waals surface area contributed by atoms with Gasteiger partial charge in [-0.3, -0.25) is 4.90 Å². The van der Waals surface area contributed by atoms with E-state index in [-0.39, 0.29) is 24.9 Å². The number of rotatable bonds is 3. The molecule has 18 heavy (non-hydrogen) atoms. The van der Waals surface area contributed by atoms with Crippen LogP contribution in [0.3, 0.4) is 0 Å². The molecule has 4 atom stereocenters. The van der Waals surface area contributed by atoms with Crippen molar-refractivity contribution in [3.8, 4) is 0 Å². The van der Waals surface area contributed by atoms with Gasteiger partial charge in [-0.15, -0.1) is 0 Å². The Labute approximate surface area is 105 Å². The zero-order chi connectivity index (χ0) is 13.3. The minimum Gasteiger partial charge on any atom is -0.480 e. The van der Waals surface area contributed by atoms with Crippen LogP contribution < -0.4 is 0 Å². The molecule has 0 aromatic carbocycles. The Hall–Kier alpha value is -1.56. The largest absolute Gasteiger partial charge is 0.480 e. The Morgan fingerprint density at radius 3 is 2.89 bits per heavy atom. The van der Waals surface area contributed by atoms with Crippen LogP contribution in [0.15, 0.2) is 12.7 Å². The van der Waals surface area contributed by atoms with Crippen molar-refractivity contribution in [3.05, 3.63) is 12.7 Å². The maximum atomic E-state index is 11.9. The summed E-state index contributed by atoms with van der Waals surface area (Å²) in [5, 5.41) is 9.15. The van der Waals surface area contributed by atoms with E-state index in [1.165, 1.54) is 11.0 Å². The van der Waals surface area contributed by atoms with Gasteiger partial charge in [0.1, 0.15) is 12.6 Å². The van der Waals surface area contributed by atoms with Gasteiger partial charge in [0, 0.05) is 6.42 Å². The summed E-state index contributed by atoms with van der Waals surface area (Å²) in [4.78, 5) is 24.4. The van der Waals surface area contributed by atoms with Gasteiger partial charge in [-0.25, -0.2) is 9.59 Å². The average Bonchev–Trinajstić information content (AvgIpc) is 2.81. The van der Waals surface area contributed by atoms with E-state index in [9.17, 15) is 9.59 Å². The summed E-state index contributed by atoms with van der Waals surface area (Å²) in [6.07, 6.45) is 1.68. The van der Waals surface area contributed by atoms with E-state index in [0.717, 1.165) is 0 Å². The van der Waals surface area contributed by atoms with Crippen LogP contribution >= 0.6 is 0 Å². The molecule has 2 rings (SSSR count). The molecule has 1 amide bonds. The Balaban J connectivity index is 2.13. The van der Waals surface area contributed by atoms with Gasteiger partial charge >= 0.3 is 12.1 Å². The second-order valence-corrected chi connectivity index (χ2v) is 4.65. The lowest BCUT2D eigenvalue weighted by molar-refractivity contribution is -0.142. The van der Waals surface area contributed by atoms with Crippen molar-refractivity contribution < 1.29 is 24.2 Å². The van der Waals surface area contributed by atoms with Crippen molar-refractivity contribution >= 4 is 12.1 Å². The van der Waals surface area contributed by atoms with Crippen LogP contribution in [0.1, 0.15) is 19.8 Å². The van der Waals surface area contributed by atoms with Crippen molar-refractivity contribution in [3.63, 3.8) is 0 Å². The predicted octanol–water partition coefficient (Wildman–Crippen LogP) is 1.01. The molecule has 0 aromatic heterocycles. The van der Waals surface area contributed by atoms with Crippen molar-refractivity contribution in [1.82, 2.24) is 4.90 Å². The topological polar surface area (TPSA) is 76.1 Å². The van der Waals surface area contributed by atoms with E-state index >= 15 is 0 Å². The SMILES string of the molecule is C=CCOC(=O)N1[C@@H](C(=O)O)C[C@H]2O[C@@H](C)C[C@H]21. The van der Waals surface area contributed by atoms with Crippen LogP contribution in [0, 0.1) is 0 Å². The van der Waals surface area contributed by atoms with Crippen LogP contribution in [0.2, 0.25) is 0 Å². The van der Waals surface area contributed by atoms with E-state index in [2.05, 4.69) is 6.58 Å². The van der Waals surface area contributed by atoms with Crippen LogP contribution in [-0.2, 0) is 14.3 Å². The second-order valence-electron chi connectivity index (χ2n) is 4.65. The number of ether oxygens (including phenoxy) is 2. The highest BCUT2D eigenvalue weighted by Crippen LogP contribution is 2.36. The van der Waals surface area contributed by atoms with E-state index in [1.807, 2.05) is 6.92 Å². The molecule has 2 aliphatic rings. The zero-order valence-corrected chi connectivity index (χ0v) is 10.2. The standard InChI is InChI=1S/C12H17NO5/c1-3-4-17-12(16)13-8-5-7(2)18-10(8)6-9(13)11(14)15/h3,7-10H,1,4-6H2,2H3,(H,14,15)/t7-,8+,9+,10+/m0/s1. The number of fused-ring (bicyclic) bond motifs is 1. The minimum atomic E-state index is -1.02. The molecule has 100 valence electrons. The van der Waals surface area contributed by atoms with E-state index in [1.54, 1.807) is 0 Å². The fourth-order valence-corrected chi connectivity index (χ4v) is 2.69. The molecule has 2 heterocycles. The quantitative estimate of drug-likeness (QED) is 0.762. The summed E-state index contributed by atoms with van der Waals surface area (Å²) < 4.78 is 10.6. The predicted molar refractivity (Wildman–Crippen MR) is 62.2 cm³/mol. The lowest BCUT2D eigenvalue weighted by Crippen LogP contribution is -2.45. The first-order valence-electron chi connectivity index (χ1n) is 5.98. The first-order valence-corrected chi connectivity index (χ1v) is 5.98. The third kappa shape index (κ3) is 2.20. The first-order chi connectivity index (χ1) is 8.54. The monoisotopic (exact) mass is 255 g/mol. The van der Waals surface area contributed by atoms with Gasteiger partial charge in [-0.1, -0.05) is 12.7 Å². The molecule has 2 saturated heterocycles. The number of aliphatic carboxylic acids is 1. The van der Waals surface area contributed by atoms with Gasteiger partial charge in [-0.05, 0) is 13.3 Å². The van der Waals surface area contributed by atoms with Crippen molar-refractivity contribution in [2.24, 2.45) is 0 Å². The van der Waals surface area contributed by atoms with Gasteiger partial charge < -0.3 is 14.6 Å². The number of hydrogen-bond donors (Lipinski definition) is 1. The molecule has 2 fully saturated rings. The summed E-state index contributed by atoms with van der Waals surface area (Å²) in [5.74, 6) is -1.02. The van der Waals surface area contributed by atoms with Gasteiger partial charge in [0.2, 0.25) is 0 Å². The molecule has 6 nitrogen and oxygen atoms in total. The molecule has 2 aliphatic heterocycles. The van der Waals surface area contributed by atoms with Crippen LogP contribution in [0.4, 0.5) is 4.79 Å². The maximum Gasteiger partial charge on any atom is 0.411 e. The summed E-state index contributed by atoms with van der Waals surface area (Å²) in [6.45, 7) is 5.45. The maximum absolute atomic E-state index is 11.9. The first kappa shape index (κ1) is 12.9. The fourth-order valence-electron chi connectivity index (χ4n) is 2.69. The lowest BCUT2D eigenvalue weighted by atomic mass is 10.1. The number of carboxylic acids is 1. The van der Waals surface area contributed by atoms with Crippen LogP contribution in [-0.4, -0.2) is 53.0 Å². The minimum absolute atomic E-state index is 0.0458. The van der Waals surface area contributed by atoms with Gasteiger partial charge in [0.05, 0.1) is 18.2 Å². The third-order valence-electron chi connectivity index (χ3n) is 3.38. The molecule has 0 spiro atoms. The Bertz CT molecular complexity index is 369. The molecule has 0 aromatic rings. The average molecular weight is 255 g/mol. The highest BCUT2D eigenvalue weighted by Gasteiger charge is 2.52. The molecule has 0 unspecified atom stereocenters.